The monoisotopic (exact) mass is 257 g/mol. The molecule has 0 aliphatic carbocycles. The Morgan fingerprint density at radius 1 is 1.39 bits per heavy atom. The molecule has 2 aromatic heterocycles. The Bertz CT molecular complexity index is 714. The first-order chi connectivity index (χ1) is 8.72. The molecule has 1 N–H and O–H groups in total. The maximum absolute atomic E-state index is 11.9. The number of amides is 1. The first kappa shape index (κ1) is 11.0. The predicted octanol–water partition coefficient (Wildman–Crippen LogP) is 2.89. The molecule has 3 aromatic rings. The zero-order chi connectivity index (χ0) is 12.5. The number of nitrogens with zero attached hydrogens (tertiary/aromatic N) is 2. The second-order valence-electron chi connectivity index (χ2n) is 4.03. The minimum Gasteiger partial charge on any atom is -0.322 e. The van der Waals surface area contributed by atoms with Crippen molar-refractivity contribution in [3.8, 4) is 0 Å². The molecule has 0 spiro atoms. The summed E-state index contributed by atoms with van der Waals surface area (Å²) < 4.78 is 2.83. The van der Waals surface area contributed by atoms with Crippen molar-refractivity contribution >= 4 is 33.0 Å². The number of hydrogen-bond donors (Lipinski definition) is 1. The number of fused-ring (bicyclic) bond motifs is 1. The van der Waals surface area contributed by atoms with E-state index in [1.54, 1.807) is 35.5 Å². The molecule has 2 heterocycles. The van der Waals surface area contributed by atoms with Gasteiger partial charge in [-0.2, -0.15) is 5.10 Å². The largest absolute Gasteiger partial charge is 0.322 e. The average molecular weight is 257 g/mol. The highest BCUT2D eigenvalue weighted by Crippen LogP contribution is 2.24. The van der Waals surface area contributed by atoms with Gasteiger partial charge >= 0.3 is 0 Å². The summed E-state index contributed by atoms with van der Waals surface area (Å²) in [5.41, 5.74) is 1.36. The molecule has 1 aromatic carbocycles. The van der Waals surface area contributed by atoms with Crippen LogP contribution in [0.4, 0.5) is 5.69 Å². The zero-order valence-corrected chi connectivity index (χ0v) is 10.6. The van der Waals surface area contributed by atoms with E-state index < -0.39 is 0 Å². The van der Waals surface area contributed by atoms with Crippen molar-refractivity contribution in [1.29, 1.82) is 0 Å². The van der Waals surface area contributed by atoms with Gasteiger partial charge in [0.15, 0.2) is 0 Å². The quantitative estimate of drug-likeness (QED) is 0.767. The third kappa shape index (κ3) is 2.00. The number of hydrogen-bond acceptors (Lipinski definition) is 3. The van der Waals surface area contributed by atoms with Gasteiger partial charge in [-0.15, -0.1) is 11.3 Å². The van der Waals surface area contributed by atoms with Gasteiger partial charge in [0.05, 0.1) is 11.8 Å². The number of benzene rings is 1. The Labute approximate surface area is 108 Å². The van der Waals surface area contributed by atoms with Crippen LogP contribution < -0.4 is 5.32 Å². The highest BCUT2D eigenvalue weighted by molar-refractivity contribution is 7.17. The number of thiophene rings is 1. The van der Waals surface area contributed by atoms with Crippen molar-refractivity contribution in [3.05, 3.63) is 47.6 Å². The molecule has 90 valence electrons. The molecule has 5 heteroatoms. The number of aryl methyl sites for hydroxylation is 1. The lowest BCUT2D eigenvalue weighted by Crippen LogP contribution is -2.10. The molecular weight excluding hydrogens is 246 g/mol. The molecule has 0 fully saturated rings. The van der Waals surface area contributed by atoms with E-state index in [1.807, 2.05) is 29.6 Å². The van der Waals surface area contributed by atoms with Crippen LogP contribution in [0.5, 0.6) is 0 Å². The predicted molar refractivity (Wildman–Crippen MR) is 73.0 cm³/mol. The first-order valence-electron chi connectivity index (χ1n) is 5.49. The summed E-state index contributed by atoms with van der Waals surface area (Å²) in [5, 5.41) is 10.0. The minimum atomic E-state index is -0.141. The van der Waals surface area contributed by atoms with Crippen molar-refractivity contribution < 1.29 is 4.79 Å². The van der Waals surface area contributed by atoms with E-state index in [1.165, 1.54) is 4.70 Å². The fraction of sp³-hybridized carbons (Fsp3) is 0.0769. The van der Waals surface area contributed by atoms with Gasteiger partial charge in [0.1, 0.15) is 0 Å². The highest BCUT2D eigenvalue weighted by atomic mass is 32.1. The van der Waals surface area contributed by atoms with E-state index in [9.17, 15) is 4.79 Å². The molecule has 0 aliphatic rings. The summed E-state index contributed by atoms with van der Waals surface area (Å²) in [5.74, 6) is -0.141. The SMILES string of the molecule is Cn1cc(C(=O)Nc2ccc3sccc3c2)cn1. The fourth-order valence-corrected chi connectivity index (χ4v) is 2.56. The molecule has 0 unspecified atom stereocenters. The Kier molecular flexibility index (Phi) is 2.60. The number of rotatable bonds is 2. The molecule has 0 radical (unpaired) electrons. The van der Waals surface area contributed by atoms with Crippen molar-refractivity contribution in [2.24, 2.45) is 7.05 Å². The van der Waals surface area contributed by atoms with E-state index in [2.05, 4.69) is 10.4 Å². The van der Waals surface area contributed by atoms with E-state index in [0.717, 1.165) is 11.1 Å². The van der Waals surface area contributed by atoms with Gasteiger partial charge in [-0.25, -0.2) is 0 Å². The van der Waals surface area contributed by atoms with Gasteiger partial charge in [-0.1, -0.05) is 0 Å². The maximum atomic E-state index is 11.9. The highest BCUT2D eigenvalue weighted by Gasteiger charge is 2.08. The zero-order valence-electron chi connectivity index (χ0n) is 9.75. The number of aromatic nitrogens is 2. The van der Waals surface area contributed by atoms with E-state index in [4.69, 9.17) is 0 Å². The Hall–Kier alpha value is -2.14. The fourth-order valence-electron chi connectivity index (χ4n) is 1.79. The molecule has 18 heavy (non-hydrogen) atoms. The van der Waals surface area contributed by atoms with Gasteiger partial charge in [0.2, 0.25) is 0 Å². The molecule has 1 amide bonds. The molecule has 0 saturated carbocycles. The Balaban J connectivity index is 1.85. The van der Waals surface area contributed by atoms with Gasteiger partial charge < -0.3 is 5.32 Å². The lowest BCUT2D eigenvalue weighted by atomic mass is 10.2. The number of carbonyl (C=O) groups is 1. The Morgan fingerprint density at radius 2 is 2.28 bits per heavy atom. The second-order valence-corrected chi connectivity index (χ2v) is 4.98. The third-order valence-electron chi connectivity index (χ3n) is 2.68. The third-order valence-corrected chi connectivity index (χ3v) is 3.58. The smallest absolute Gasteiger partial charge is 0.258 e. The van der Waals surface area contributed by atoms with Crippen LogP contribution in [0.2, 0.25) is 0 Å². The van der Waals surface area contributed by atoms with Gasteiger partial charge in [-0.3, -0.25) is 9.48 Å². The summed E-state index contributed by atoms with van der Waals surface area (Å²) in [6, 6.07) is 7.94. The molecule has 3 rings (SSSR count). The summed E-state index contributed by atoms with van der Waals surface area (Å²) in [6.45, 7) is 0. The topological polar surface area (TPSA) is 46.9 Å². The first-order valence-corrected chi connectivity index (χ1v) is 6.37. The number of carbonyl (C=O) groups excluding carboxylic acids is 1. The van der Waals surface area contributed by atoms with E-state index >= 15 is 0 Å². The molecule has 0 atom stereocenters. The summed E-state index contributed by atoms with van der Waals surface area (Å²) >= 11 is 1.69. The van der Waals surface area contributed by atoms with Gasteiger partial charge in [0, 0.05) is 23.6 Å². The van der Waals surface area contributed by atoms with Crippen molar-refractivity contribution in [2.75, 3.05) is 5.32 Å². The van der Waals surface area contributed by atoms with Crippen LogP contribution in [0, 0.1) is 0 Å². The number of nitrogens with one attached hydrogen (secondary N) is 1. The molecule has 0 aliphatic heterocycles. The molecule has 0 saturated heterocycles. The standard InChI is InChI=1S/C13H11N3OS/c1-16-8-10(7-14-16)13(17)15-11-2-3-12-9(6-11)4-5-18-12/h2-8H,1H3,(H,15,17). The van der Waals surface area contributed by atoms with Crippen LogP contribution >= 0.6 is 11.3 Å². The minimum absolute atomic E-state index is 0.141. The summed E-state index contributed by atoms with van der Waals surface area (Å²) in [7, 11) is 1.79. The van der Waals surface area contributed by atoms with E-state index in [0.29, 0.717) is 5.56 Å². The summed E-state index contributed by atoms with van der Waals surface area (Å²) in [4.78, 5) is 11.9. The van der Waals surface area contributed by atoms with Crippen molar-refractivity contribution in [2.45, 2.75) is 0 Å². The van der Waals surface area contributed by atoms with Crippen molar-refractivity contribution in [3.63, 3.8) is 0 Å². The average Bonchev–Trinajstić information content (AvgIpc) is 2.96. The van der Waals surface area contributed by atoms with Gasteiger partial charge in [-0.05, 0) is 35.0 Å². The van der Waals surface area contributed by atoms with Crippen LogP contribution in [0.25, 0.3) is 10.1 Å². The van der Waals surface area contributed by atoms with E-state index in [-0.39, 0.29) is 5.91 Å². The van der Waals surface area contributed by atoms with Crippen LogP contribution in [0.3, 0.4) is 0 Å². The lowest BCUT2D eigenvalue weighted by Gasteiger charge is -2.03. The molecular formula is C13H11N3OS. The van der Waals surface area contributed by atoms with Crippen LogP contribution in [-0.2, 0) is 7.05 Å². The Morgan fingerprint density at radius 3 is 3.06 bits per heavy atom. The summed E-state index contributed by atoms with van der Waals surface area (Å²) in [6.07, 6.45) is 3.25. The van der Waals surface area contributed by atoms with Gasteiger partial charge in [0.25, 0.3) is 5.91 Å². The normalized spacial score (nSPS) is 10.7. The van der Waals surface area contributed by atoms with Crippen molar-refractivity contribution in [1.82, 2.24) is 9.78 Å². The van der Waals surface area contributed by atoms with Crippen LogP contribution in [0.15, 0.2) is 42.0 Å². The van der Waals surface area contributed by atoms with Crippen LogP contribution in [0.1, 0.15) is 10.4 Å². The van der Waals surface area contributed by atoms with Crippen LogP contribution in [-0.4, -0.2) is 15.7 Å². The number of anilines is 1. The maximum Gasteiger partial charge on any atom is 0.258 e. The molecule has 4 nitrogen and oxygen atoms in total. The molecule has 0 bridgehead atoms. The lowest BCUT2D eigenvalue weighted by molar-refractivity contribution is 0.102. The second kappa shape index (κ2) is 4.27.